The number of nitrogens with one attached hydrogen (secondary N) is 1. The van der Waals surface area contributed by atoms with E-state index < -0.39 is 0 Å². The largest absolute Gasteiger partial charge is 0.384 e. The number of allylic oxidation sites excluding steroid dienone is 1. The SMILES string of the molecule is C=C/C=N\C=C(/N)NCCC. The van der Waals surface area contributed by atoms with Crippen molar-refractivity contribution >= 4 is 6.21 Å². The first-order chi connectivity index (χ1) is 5.31. The third-order valence-electron chi connectivity index (χ3n) is 0.984. The maximum Gasteiger partial charge on any atom is 0.115 e. The van der Waals surface area contributed by atoms with E-state index in [4.69, 9.17) is 5.73 Å². The van der Waals surface area contributed by atoms with Crippen molar-refractivity contribution in [1.29, 1.82) is 0 Å². The van der Waals surface area contributed by atoms with Gasteiger partial charge in [0.1, 0.15) is 5.82 Å². The van der Waals surface area contributed by atoms with E-state index >= 15 is 0 Å². The second kappa shape index (κ2) is 6.86. The smallest absolute Gasteiger partial charge is 0.115 e. The highest BCUT2D eigenvalue weighted by molar-refractivity contribution is 5.70. The third kappa shape index (κ3) is 6.64. The minimum Gasteiger partial charge on any atom is -0.384 e. The number of hydrogen-bond donors (Lipinski definition) is 2. The lowest BCUT2D eigenvalue weighted by molar-refractivity contribution is 0.759. The van der Waals surface area contributed by atoms with E-state index in [1.807, 2.05) is 0 Å². The second-order valence-corrected chi connectivity index (χ2v) is 2.05. The van der Waals surface area contributed by atoms with E-state index in [1.54, 1.807) is 18.5 Å². The van der Waals surface area contributed by atoms with Crippen LogP contribution < -0.4 is 11.1 Å². The Labute approximate surface area is 67.7 Å². The van der Waals surface area contributed by atoms with E-state index in [1.165, 1.54) is 0 Å². The van der Waals surface area contributed by atoms with Crippen molar-refractivity contribution in [3.8, 4) is 0 Å². The van der Waals surface area contributed by atoms with E-state index in [2.05, 4.69) is 23.8 Å². The van der Waals surface area contributed by atoms with Crippen molar-refractivity contribution in [2.24, 2.45) is 10.7 Å². The lowest BCUT2D eigenvalue weighted by atomic mass is 10.5. The maximum absolute atomic E-state index is 5.50. The first-order valence-corrected chi connectivity index (χ1v) is 3.65. The molecule has 0 saturated carbocycles. The molecule has 0 aromatic heterocycles. The van der Waals surface area contributed by atoms with Crippen molar-refractivity contribution in [1.82, 2.24) is 5.32 Å². The number of aliphatic imine (C=N–C) groups is 1. The van der Waals surface area contributed by atoms with Crippen LogP contribution in [0.2, 0.25) is 0 Å². The Morgan fingerprint density at radius 1 is 1.73 bits per heavy atom. The van der Waals surface area contributed by atoms with Crippen molar-refractivity contribution in [3.63, 3.8) is 0 Å². The lowest BCUT2D eigenvalue weighted by Gasteiger charge is -2.00. The normalized spacial score (nSPS) is 11.9. The Morgan fingerprint density at radius 2 is 2.45 bits per heavy atom. The summed E-state index contributed by atoms with van der Waals surface area (Å²) in [6.45, 7) is 6.44. The summed E-state index contributed by atoms with van der Waals surface area (Å²) >= 11 is 0. The molecule has 3 nitrogen and oxygen atoms in total. The Hall–Kier alpha value is -1.25. The molecule has 0 rings (SSSR count). The quantitative estimate of drug-likeness (QED) is 0.579. The molecule has 0 heterocycles. The van der Waals surface area contributed by atoms with Crippen molar-refractivity contribution in [3.05, 3.63) is 24.7 Å². The van der Waals surface area contributed by atoms with Crippen LogP contribution in [0.4, 0.5) is 0 Å². The van der Waals surface area contributed by atoms with Crippen LogP contribution in [0.15, 0.2) is 29.7 Å². The highest BCUT2D eigenvalue weighted by Crippen LogP contribution is 1.79. The molecule has 0 radical (unpaired) electrons. The molecule has 0 saturated heterocycles. The van der Waals surface area contributed by atoms with Gasteiger partial charge in [0, 0.05) is 12.8 Å². The van der Waals surface area contributed by atoms with Gasteiger partial charge in [-0.05, 0) is 6.42 Å². The standard InChI is InChI=1S/C8H15N3/c1-3-5-10-7-8(9)11-6-4-2/h3,5,7,11H,1,4,6,9H2,2H3/b8-7+,10-5-. The van der Waals surface area contributed by atoms with Crippen LogP contribution in [0.25, 0.3) is 0 Å². The fourth-order valence-electron chi connectivity index (χ4n) is 0.499. The van der Waals surface area contributed by atoms with Gasteiger partial charge in [-0.2, -0.15) is 0 Å². The van der Waals surface area contributed by atoms with Gasteiger partial charge in [-0.3, -0.25) is 4.99 Å². The molecule has 0 aliphatic rings. The predicted molar refractivity (Wildman–Crippen MR) is 49.3 cm³/mol. The highest BCUT2D eigenvalue weighted by Gasteiger charge is 1.82. The van der Waals surface area contributed by atoms with Crippen LogP contribution in [-0.4, -0.2) is 12.8 Å². The predicted octanol–water partition coefficient (Wildman–Crippen LogP) is 1.00. The molecule has 0 atom stereocenters. The van der Waals surface area contributed by atoms with Crippen molar-refractivity contribution in [2.45, 2.75) is 13.3 Å². The number of rotatable bonds is 5. The summed E-state index contributed by atoms with van der Waals surface area (Å²) in [6, 6.07) is 0. The van der Waals surface area contributed by atoms with Crippen LogP contribution in [0.1, 0.15) is 13.3 Å². The maximum atomic E-state index is 5.50. The zero-order valence-electron chi connectivity index (χ0n) is 6.88. The van der Waals surface area contributed by atoms with Gasteiger partial charge in [-0.1, -0.05) is 19.6 Å². The molecule has 62 valence electrons. The van der Waals surface area contributed by atoms with Crippen molar-refractivity contribution in [2.75, 3.05) is 6.54 Å². The molecule has 11 heavy (non-hydrogen) atoms. The summed E-state index contributed by atoms with van der Waals surface area (Å²) in [5.74, 6) is 0.588. The molecular weight excluding hydrogens is 138 g/mol. The van der Waals surface area contributed by atoms with Crippen LogP contribution in [0, 0.1) is 0 Å². The van der Waals surface area contributed by atoms with Crippen molar-refractivity contribution < 1.29 is 0 Å². The van der Waals surface area contributed by atoms with E-state index in [9.17, 15) is 0 Å². The molecule has 0 aliphatic heterocycles. The molecular formula is C8H15N3. The van der Waals surface area contributed by atoms with Gasteiger partial charge in [-0.25, -0.2) is 0 Å². The molecule has 0 unspecified atom stereocenters. The number of nitrogens with zero attached hydrogens (tertiary/aromatic N) is 1. The van der Waals surface area contributed by atoms with Gasteiger partial charge >= 0.3 is 0 Å². The molecule has 0 fully saturated rings. The minimum absolute atomic E-state index is 0.588. The average molecular weight is 153 g/mol. The molecule has 0 aromatic rings. The molecule has 3 N–H and O–H groups in total. The zero-order valence-corrected chi connectivity index (χ0v) is 6.88. The first-order valence-electron chi connectivity index (χ1n) is 3.65. The highest BCUT2D eigenvalue weighted by atomic mass is 15.0. The third-order valence-corrected chi connectivity index (χ3v) is 0.984. The van der Waals surface area contributed by atoms with Crippen LogP contribution in [0.5, 0.6) is 0 Å². The van der Waals surface area contributed by atoms with Gasteiger partial charge in [0.2, 0.25) is 0 Å². The first kappa shape index (κ1) is 9.75. The summed E-state index contributed by atoms with van der Waals surface area (Å²) in [4.78, 5) is 3.85. The molecule has 0 amide bonds. The van der Waals surface area contributed by atoms with Gasteiger partial charge in [-0.15, -0.1) is 0 Å². The van der Waals surface area contributed by atoms with Crippen LogP contribution in [0.3, 0.4) is 0 Å². The van der Waals surface area contributed by atoms with Gasteiger partial charge in [0.25, 0.3) is 0 Å². The van der Waals surface area contributed by atoms with E-state index in [-0.39, 0.29) is 0 Å². The molecule has 0 spiro atoms. The lowest BCUT2D eigenvalue weighted by Crippen LogP contribution is -2.20. The summed E-state index contributed by atoms with van der Waals surface area (Å²) in [5.41, 5.74) is 5.50. The van der Waals surface area contributed by atoms with Gasteiger partial charge in [0.15, 0.2) is 0 Å². The average Bonchev–Trinajstić information content (AvgIpc) is 2.01. The monoisotopic (exact) mass is 153 g/mol. The summed E-state index contributed by atoms with van der Waals surface area (Å²) < 4.78 is 0. The Balaban J connectivity index is 3.61. The Bertz CT molecular complexity index is 159. The molecule has 0 bridgehead atoms. The summed E-state index contributed by atoms with van der Waals surface area (Å²) in [5, 5.41) is 2.98. The summed E-state index contributed by atoms with van der Waals surface area (Å²) in [7, 11) is 0. The molecule has 0 aromatic carbocycles. The summed E-state index contributed by atoms with van der Waals surface area (Å²) in [6.07, 6.45) is 5.81. The zero-order chi connectivity index (χ0) is 8.53. The van der Waals surface area contributed by atoms with Gasteiger partial charge < -0.3 is 11.1 Å². The Kier molecular flexibility index (Phi) is 6.08. The van der Waals surface area contributed by atoms with Crippen LogP contribution >= 0.6 is 0 Å². The number of nitrogens with two attached hydrogens (primary N) is 1. The topological polar surface area (TPSA) is 50.4 Å². The van der Waals surface area contributed by atoms with Gasteiger partial charge in [0.05, 0.1) is 6.20 Å². The fraction of sp³-hybridized carbons (Fsp3) is 0.375. The van der Waals surface area contributed by atoms with Crippen LogP contribution in [-0.2, 0) is 0 Å². The fourth-order valence-corrected chi connectivity index (χ4v) is 0.499. The van der Waals surface area contributed by atoms with E-state index in [0.717, 1.165) is 13.0 Å². The Morgan fingerprint density at radius 3 is 3.00 bits per heavy atom. The number of hydrogen-bond acceptors (Lipinski definition) is 3. The second-order valence-electron chi connectivity index (χ2n) is 2.05. The van der Waals surface area contributed by atoms with E-state index in [0.29, 0.717) is 5.82 Å². The molecule has 0 aliphatic carbocycles. The minimum atomic E-state index is 0.588. The molecule has 3 heteroatoms.